The molecule has 3 atom stereocenters. The zero-order valence-electron chi connectivity index (χ0n) is 15.6. The van der Waals surface area contributed by atoms with Crippen LogP contribution in [-0.2, 0) is 14.6 Å². The van der Waals surface area contributed by atoms with Crippen LogP contribution in [0.3, 0.4) is 0 Å². The van der Waals surface area contributed by atoms with E-state index in [-0.39, 0.29) is 42.1 Å². The number of aryl methyl sites for hydroxylation is 1. The van der Waals surface area contributed by atoms with Gasteiger partial charge in [-0.3, -0.25) is 9.69 Å². The van der Waals surface area contributed by atoms with Crippen molar-refractivity contribution in [2.75, 3.05) is 23.0 Å². The molecule has 2 aliphatic rings. The second-order valence-corrected chi connectivity index (χ2v) is 9.72. The molecule has 2 aromatic carbocycles. The average Bonchev–Trinajstić information content (AvgIpc) is 2.97. The van der Waals surface area contributed by atoms with Gasteiger partial charge in [0.15, 0.2) is 9.84 Å². The number of fused-ring (bicyclic) bond motifs is 1. The lowest BCUT2D eigenvalue weighted by atomic mass is 9.98. The Morgan fingerprint density at radius 2 is 1.59 bits per heavy atom. The first-order valence-corrected chi connectivity index (χ1v) is 11.1. The van der Waals surface area contributed by atoms with Crippen LogP contribution in [0.5, 0.6) is 0 Å². The predicted octanol–water partition coefficient (Wildman–Crippen LogP) is 2.57. The van der Waals surface area contributed by atoms with Crippen LogP contribution in [0.2, 0.25) is 0 Å². The van der Waals surface area contributed by atoms with Gasteiger partial charge in [-0.25, -0.2) is 8.42 Å². The predicted molar refractivity (Wildman–Crippen MR) is 106 cm³/mol. The number of carbonyl (C=O) groups excluding carboxylic acids is 1. The van der Waals surface area contributed by atoms with E-state index in [0.717, 1.165) is 16.8 Å². The van der Waals surface area contributed by atoms with Crippen molar-refractivity contribution in [3.63, 3.8) is 0 Å². The van der Waals surface area contributed by atoms with Crippen LogP contribution < -0.4 is 4.90 Å². The number of rotatable bonds is 3. The molecule has 27 heavy (non-hydrogen) atoms. The lowest BCUT2D eigenvalue weighted by Gasteiger charge is -2.46. The summed E-state index contributed by atoms with van der Waals surface area (Å²) in [4.78, 5) is 16.8. The van der Waals surface area contributed by atoms with Crippen molar-refractivity contribution in [1.29, 1.82) is 0 Å². The van der Waals surface area contributed by atoms with Crippen molar-refractivity contribution >= 4 is 21.4 Å². The summed E-state index contributed by atoms with van der Waals surface area (Å²) < 4.78 is 24.9. The number of anilines is 1. The Kier molecular flexibility index (Phi) is 4.56. The molecule has 0 N–H and O–H groups in total. The minimum Gasteiger partial charge on any atom is -0.306 e. The molecule has 0 aromatic heterocycles. The van der Waals surface area contributed by atoms with Gasteiger partial charge >= 0.3 is 0 Å². The highest BCUT2D eigenvalue weighted by Gasteiger charge is 2.50. The van der Waals surface area contributed by atoms with Gasteiger partial charge < -0.3 is 4.90 Å². The fourth-order valence-electron chi connectivity index (χ4n) is 4.30. The Morgan fingerprint density at radius 1 is 0.963 bits per heavy atom. The number of piperazine rings is 1. The summed E-state index contributed by atoms with van der Waals surface area (Å²) in [5, 5.41) is 0. The Labute approximate surface area is 160 Å². The first kappa shape index (κ1) is 18.2. The first-order valence-electron chi connectivity index (χ1n) is 9.25. The van der Waals surface area contributed by atoms with Gasteiger partial charge in [0.25, 0.3) is 0 Å². The molecule has 142 valence electrons. The summed E-state index contributed by atoms with van der Waals surface area (Å²) >= 11 is 0. The molecule has 4 rings (SSSR count). The first-order chi connectivity index (χ1) is 12.9. The third-order valence-electron chi connectivity index (χ3n) is 5.73. The minimum atomic E-state index is -3.19. The Hall–Kier alpha value is -2.18. The molecule has 1 amide bonds. The molecule has 0 spiro atoms. The molecule has 0 bridgehead atoms. The van der Waals surface area contributed by atoms with Gasteiger partial charge in [-0.2, -0.15) is 0 Å². The van der Waals surface area contributed by atoms with E-state index >= 15 is 0 Å². The van der Waals surface area contributed by atoms with Gasteiger partial charge in [0, 0.05) is 17.8 Å². The highest BCUT2D eigenvalue weighted by atomic mass is 32.2. The fraction of sp³-hybridized carbons (Fsp3) is 0.381. The van der Waals surface area contributed by atoms with Gasteiger partial charge in [-0.15, -0.1) is 0 Å². The van der Waals surface area contributed by atoms with Crippen molar-refractivity contribution in [3.8, 4) is 0 Å². The Morgan fingerprint density at radius 3 is 2.26 bits per heavy atom. The number of hydrogen-bond acceptors (Lipinski definition) is 4. The van der Waals surface area contributed by atoms with Crippen molar-refractivity contribution in [3.05, 3.63) is 65.7 Å². The number of nitrogens with zero attached hydrogens (tertiary/aromatic N) is 2. The molecule has 0 unspecified atom stereocenters. The summed E-state index contributed by atoms with van der Waals surface area (Å²) in [6.07, 6.45) is 0. The molecule has 2 aliphatic heterocycles. The number of sulfone groups is 1. The number of benzene rings is 2. The lowest BCUT2D eigenvalue weighted by Crippen LogP contribution is -2.62. The second-order valence-electron chi connectivity index (χ2n) is 7.57. The van der Waals surface area contributed by atoms with Crippen LogP contribution >= 0.6 is 0 Å². The van der Waals surface area contributed by atoms with Crippen molar-refractivity contribution in [2.24, 2.45) is 0 Å². The largest absolute Gasteiger partial charge is 0.306 e. The van der Waals surface area contributed by atoms with Crippen LogP contribution in [0.4, 0.5) is 5.69 Å². The summed E-state index contributed by atoms with van der Waals surface area (Å²) in [5.74, 6) is 0.0831. The third-order valence-corrected chi connectivity index (χ3v) is 7.43. The molecule has 0 saturated carbocycles. The van der Waals surface area contributed by atoms with Gasteiger partial charge in [0.05, 0.1) is 24.1 Å². The third kappa shape index (κ3) is 3.39. The summed E-state index contributed by atoms with van der Waals surface area (Å²) in [6, 6.07) is 17.1. The second kappa shape index (κ2) is 6.77. The van der Waals surface area contributed by atoms with E-state index in [9.17, 15) is 13.2 Å². The van der Waals surface area contributed by atoms with E-state index in [2.05, 4.69) is 4.90 Å². The number of carbonyl (C=O) groups is 1. The van der Waals surface area contributed by atoms with E-state index in [4.69, 9.17) is 0 Å². The monoisotopic (exact) mass is 384 g/mol. The lowest BCUT2D eigenvalue weighted by molar-refractivity contribution is -0.124. The molecule has 0 aliphatic carbocycles. The zero-order chi connectivity index (χ0) is 19.2. The highest BCUT2D eigenvalue weighted by Crippen LogP contribution is 2.36. The normalized spacial score (nSPS) is 26.0. The quantitative estimate of drug-likeness (QED) is 0.816. The molecule has 2 fully saturated rings. The van der Waals surface area contributed by atoms with Crippen molar-refractivity contribution in [2.45, 2.75) is 32.0 Å². The van der Waals surface area contributed by atoms with Gasteiger partial charge in [0.1, 0.15) is 0 Å². The number of hydrogen-bond donors (Lipinski definition) is 0. The molecule has 2 aromatic rings. The van der Waals surface area contributed by atoms with Gasteiger partial charge in [0.2, 0.25) is 5.91 Å². The molecule has 6 heteroatoms. The maximum Gasteiger partial charge on any atom is 0.241 e. The average molecular weight is 385 g/mol. The molecular formula is C21H24N2O3S. The van der Waals surface area contributed by atoms with Crippen LogP contribution in [0.1, 0.15) is 24.1 Å². The molecule has 0 radical (unpaired) electrons. The highest BCUT2D eigenvalue weighted by molar-refractivity contribution is 7.91. The summed E-state index contributed by atoms with van der Waals surface area (Å²) in [7, 11) is -3.19. The van der Waals surface area contributed by atoms with E-state index in [1.54, 1.807) is 4.90 Å². The molecule has 2 heterocycles. The molecule has 2 saturated heterocycles. The molecular weight excluding hydrogens is 360 g/mol. The topological polar surface area (TPSA) is 57.7 Å². The smallest absolute Gasteiger partial charge is 0.241 e. The Balaban J connectivity index is 1.71. The van der Waals surface area contributed by atoms with Crippen molar-refractivity contribution in [1.82, 2.24) is 4.90 Å². The maximum absolute atomic E-state index is 13.1. The van der Waals surface area contributed by atoms with E-state index in [1.165, 1.54) is 0 Å². The van der Waals surface area contributed by atoms with Crippen LogP contribution in [0.25, 0.3) is 0 Å². The van der Waals surface area contributed by atoms with Crippen LogP contribution in [-0.4, -0.2) is 49.4 Å². The van der Waals surface area contributed by atoms with Crippen LogP contribution in [0, 0.1) is 6.92 Å². The molecule has 5 nitrogen and oxygen atoms in total. The Bertz CT molecular complexity index is 941. The standard InChI is InChI=1S/C21H24N2O3S/c1-15-8-10-18(11-9-15)23-20-14-27(25,26)13-19(20)22(12-21(23)24)16(2)17-6-4-3-5-7-17/h3-11,16,19-20H,12-14H2,1-2H3/t16-,19+,20-/m1/s1. The SMILES string of the molecule is Cc1ccc(N2C(=O)CN([C@H](C)c3ccccc3)[C@H]3CS(=O)(=O)C[C@H]32)cc1. The zero-order valence-corrected chi connectivity index (χ0v) is 16.4. The maximum atomic E-state index is 13.1. The van der Waals surface area contributed by atoms with Gasteiger partial charge in [-0.1, -0.05) is 48.0 Å². The number of amides is 1. The van der Waals surface area contributed by atoms with Gasteiger partial charge in [-0.05, 0) is 31.5 Å². The minimum absolute atomic E-state index is 0.0175. The summed E-state index contributed by atoms with van der Waals surface area (Å²) in [5.41, 5.74) is 2.99. The van der Waals surface area contributed by atoms with Crippen LogP contribution in [0.15, 0.2) is 54.6 Å². The fourth-order valence-corrected chi connectivity index (χ4v) is 6.26. The summed E-state index contributed by atoms with van der Waals surface area (Å²) in [6.45, 7) is 4.26. The van der Waals surface area contributed by atoms with E-state index < -0.39 is 9.84 Å². The van der Waals surface area contributed by atoms with E-state index in [1.807, 2.05) is 68.4 Å². The van der Waals surface area contributed by atoms with E-state index in [0.29, 0.717) is 0 Å². The van der Waals surface area contributed by atoms with Crippen molar-refractivity contribution < 1.29 is 13.2 Å².